The van der Waals surface area contributed by atoms with Crippen molar-refractivity contribution in [2.45, 2.75) is 71.5 Å². The smallest absolute Gasteiger partial charge is 0.237 e. The molecule has 1 aliphatic carbocycles. The molecule has 0 radical (unpaired) electrons. The summed E-state index contributed by atoms with van der Waals surface area (Å²) in [5.41, 5.74) is 4.05. The van der Waals surface area contributed by atoms with Crippen LogP contribution < -0.4 is 10.6 Å². The molecule has 1 aromatic carbocycles. The normalized spacial score (nSPS) is 17.2. The molecule has 2 unspecified atom stereocenters. The number of carbonyl (C=O) groups excluding carboxylic acids is 1. The van der Waals surface area contributed by atoms with Crippen molar-refractivity contribution in [2.75, 3.05) is 0 Å². The molecule has 0 aliphatic heterocycles. The van der Waals surface area contributed by atoms with Crippen molar-refractivity contribution in [2.24, 2.45) is 0 Å². The maximum atomic E-state index is 12.1. The van der Waals surface area contributed by atoms with Gasteiger partial charge in [-0.1, -0.05) is 18.2 Å². The lowest BCUT2D eigenvalue weighted by Gasteiger charge is -2.26. The topological polar surface area (TPSA) is 41.1 Å². The Morgan fingerprint density at radius 2 is 1.81 bits per heavy atom. The van der Waals surface area contributed by atoms with Gasteiger partial charge in [0, 0.05) is 11.6 Å². The van der Waals surface area contributed by atoms with Gasteiger partial charge in [0.1, 0.15) is 0 Å². The lowest BCUT2D eigenvalue weighted by atomic mass is 10.0. The van der Waals surface area contributed by atoms with Gasteiger partial charge in [-0.15, -0.1) is 0 Å². The van der Waals surface area contributed by atoms with Crippen LogP contribution in [0.5, 0.6) is 0 Å². The second kappa shape index (κ2) is 6.18. The largest absolute Gasteiger partial charge is 0.350 e. The highest BCUT2D eigenvalue weighted by molar-refractivity contribution is 5.82. The Bertz CT molecular complexity index is 516. The van der Waals surface area contributed by atoms with Crippen molar-refractivity contribution in [3.05, 3.63) is 34.9 Å². The van der Waals surface area contributed by atoms with E-state index in [9.17, 15) is 4.79 Å². The van der Waals surface area contributed by atoms with Gasteiger partial charge in [0.2, 0.25) is 5.91 Å². The molecule has 3 nitrogen and oxygen atoms in total. The molecule has 2 N–H and O–H groups in total. The number of benzene rings is 1. The quantitative estimate of drug-likeness (QED) is 0.893. The summed E-state index contributed by atoms with van der Waals surface area (Å²) in [6.07, 6.45) is 3.67. The molecule has 0 fully saturated rings. The summed E-state index contributed by atoms with van der Waals surface area (Å²) in [5.74, 6) is 0.0514. The number of aryl methyl sites for hydroxylation is 2. The van der Waals surface area contributed by atoms with Crippen molar-refractivity contribution < 1.29 is 4.79 Å². The van der Waals surface area contributed by atoms with E-state index in [-0.39, 0.29) is 23.5 Å². The third-order valence-corrected chi connectivity index (χ3v) is 4.01. The van der Waals surface area contributed by atoms with Crippen LogP contribution in [-0.4, -0.2) is 17.5 Å². The van der Waals surface area contributed by atoms with Crippen molar-refractivity contribution in [1.82, 2.24) is 10.6 Å². The average molecular weight is 288 g/mol. The number of hydrogen-bond donors (Lipinski definition) is 2. The highest BCUT2D eigenvalue weighted by Crippen LogP contribution is 2.25. The van der Waals surface area contributed by atoms with E-state index in [2.05, 4.69) is 35.8 Å². The highest BCUT2D eigenvalue weighted by atomic mass is 16.2. The standard InChI is InChI=1S/C18H28N2O/c1-12(19-13(2)17(21)20-18(3,4)5)15-10-9-14-7-6-8-16(14)11-15/h9-13,19H,6-8H2,1-5H3,(H,20,21). The summed E-state index contributed by atoms with van der Waals surface area (Å²) in [5, 5.41) is 6.41. The molecule has 0 bridgehead atoms. The summed E-state index contributed by atoms with van der Waals surface area (Å²) >= 11 is 0. The number of amides is 1. The first kappa shape index (κ1) is 16.0. The maximum Gasteiger partial charge on any atom is 0.237 e. The molecular formula is C18H28N2O. The number of nitrogens with one attached hydrogen (secondary N) is 2. The fourth-order valence-corrected chi connectivity index (χ4v) is 2.89. The zero-order valence-electron chi connectivity index (χ0n) is 13.9. The van der Waals surface area contributed by atoms with Crippen molar-refractivity contribution in [1.29, 1.82) is 0 Å². The van der Waals surface area contributed by atoms with Gasteiger partial charge >= 0.3 is 0 Å². The first-order chi connectivity index (χ1) is 9.76. The van der Waals surface area contributed by atoms with Gasteiger partial charge in [-0.05, 0) is 70.6 Å². The van der Waals surface area contributed by atoms with Gasteiger partial charge < -0.3 is 5.32 Å². The van der Waals surface area contributed by atoms with E-state index < -0.39 is 0 Å². The van der Waals surface area contributed by atoms with Gasteiger partial charge in [-0.25, -0.2) is 0 Å². The molecule has 0 saturated carbocycles. The molecule has 0 saturated heterocycles. The predicted molar refractivity (Wildman–Crippen MR) is 87.4 cm³/mol. The summed E-state index contributed by atoms with van der Waals surface area (Å²) < 4.78 is 0. The van der Waals surface area contributed by atoms with E-state index in [1.54, 1.807) is 0 Å². The van der Waals surface area contributed by atoms with Crippen LogP contribution in [-0.2, 0) is 17.6 Å². The molecule has 0 heterocycles. The molecule has 3 heteroatoms. The molecule has 1 amide bonds. The van der Waals surface area contributed by atoms with Crippen LogP contribution in [0.15, 0.2) is 18.2 Å². The van der Waals surface area contributed by atoms with Gasteiger partial charge in [-0.3, -0.25) is 10.1 Å². The van der Waals surface area contributed by atoms with Crippen molar-refractivity contribution in [3.8, 4) is 0 Å². The summed E-state index contributed by atoms with van der Waals surface area (Å²) in [6.45, 7) is 10.0. The van der Waals surface area contributed by atoms with Gasteiger partial charge in [0.05, 0.1) is 6.04 Å². The summed E-state index contributed by atoms with van der Waals surface area (Å²) in [7, 11) is 0. The fraction of sp³-hybridized carbons (Fsp3) is 0.611. The van der Waals surface area contributed by atoms with E-state index in [4.69, 9.17) is 0 Å². The molecule has 0 aromatic heterocycles. The van der Waals surface area contributed by atoms with Crippen LogP contribution in [0.1, 0.15) is 63.8 Å². The van der Waals surface area contributed by atoms with Crippen LogP contribution in [0, 0.1) is 0 Å². The second-order valence-electron chi connectivity index (χ2n) is 7.23. The van der Waals surface area contributed by atoms with Crippen LogP contribution in [0.4, 0.5) is 0 Å². The SMILES string of the molecule is CC(NC(C)c1ccc2c(c1)CCC2)C(=O)NC(C)(C)C. The zero-order chi connectivity index (χ0) is 15.6. The Labute approximate surface area is 128 Å². The molecule has 116 valence electrons. The van der Waals surface area contributed by atoms with E-state index in [0.717, 1.165) is 0 Å². The number of rotatable bonds is 4. The van der Waals surface area contributed by atoms with E-state index in [1.165, 1.54) is 36.0 Å². The minimum Gasteiger partial charge on any atom is -0.350 e. The van der Waals surface area contributed by atoms with Crippen LogP contribution in [0.2, 0.25) is 0 Å². The molecular weight excluding hydrogens is 260 g/mol. The summed E-state index contributed by atoms with van der Waals surface area (Å²) in [6, 6.07) is 6.71. The molecule has 2 rings (SSSR count). The Morgan fingerprint density at radius 1 is 1.14 bits per heavy atom. The highest BCUT2D eigenvalue weighted by Gasteiger charge is 2.21. The molecule has 2 atom stereocenters. The third kappa shape index (κ3) is 4.31. The number of hydrogen-bond acceptors (Lipinski definition) is 2. The number of carbonyl (C=O) groups is 1. The zero-order valence-corrected chi connectivity index (χ0v) is 13.9. The van der Waals surface area contributed by atoms with Gasteiger partial charge in [0.25, 0.3) is 0 Å². The van der Waals surface area contributed by atoms with E-state index in [1.807, 2.05) is 27.7 Å². The predicted octanol–water partition coefficient (Wildman–Crippen LogP) is 3.13. The third-order valence-electron chi connectivity index (χ3n) is 4.01. The summed E-state index contributed by atoms with van der Waals surface area (Å²) in [4.78, 5) is 12.1. The maximum absolute atomic E-state index is 12.1. The first-order valence-electron chi connectivity index (χ1n) is 7.96. The van der Waals surface area contributed by atoms with Gasteiger partial charge in [0.15, 0.2) is 0 Å². The van der Waals surface area contributed by atoms with Crippen molar-refractivity contribution in [3.63, 3.8) is 0 Å². The first-order valence-corrected chi connectivity index (χ1v) is 7.96. The second-order valence-corrected chi connectivity index (χ2v) is 7.23. The average Bonchev–Trinajstić information content (AvgIpc) is 2.83. The lowest BCUT2D eigenvalue weighted by Crippen LogP contribution is -2.49. The van der Waals surface area contributed by atoms with Crippen LogP contribution in [0.25, 0.3) is 0 Å². The van der Waals surface area contributed by atoms with Gasteiger partial charge in [-0.2, -0.15) is 0 Å². The molecule has 1 aliphatic rings. The fourth-order valence-electron chi connectivity index (χ4n) is 2.89. The van der Waals surface area contributed by atoms with Crippen LogP contribution in [0.3, 0.4) is 0 Å². The minimum atomic E-state index is -0.201. The van der Waals surface area contributed by atoms with E-state index >= 15 is 0 Å². The Hall–Kier alpha value is -1.35. The molecule has 21 heavy (non-hydrogen) atoms. The molecule has 1 aromatic rings. The van der Waals surface area contributed by atoms with E-state index in [0.29, 0.717) is 0 Å². The Kier molecular flexibility index (Phi) is 4.72. The Morgan fingerprint density at radius 3 is 2.48 bits per heavy atom. The monoisotopic (exact) mass is 288 g/mol. The number of fused-ring (bicyclic) bond motifs is 1. The molecule has 0 spiro atoms. The van der Waals surface area contributed by atoms with Crippen molar-refractivity contribution >= 4 is 5.91 Å². The Balaban J connectivity index is 1.97. The lowest BCUT2D eigenvalue weighted by molar-refractivity contribution is -0.124. The minimum absolute atomic E-state index is 0.0514. The van der Waals surface area contributed by atoms with Crippen LogP contribution >= 0.6 is 0 Å².